The minimum atomic E-state index is -1.26. The second-order valence-corrected chi connectivity index (χ2v) is 6.40. The molecule has 144 valence electrons. The quantitative estimate of drug-likeness (QED) is 0.703. The van der Waals surface area contributed by atoms with E-state index in [0.29, 0.717) is 18.1 Å². The molecule has 0 aliphatic rings. The lowest BCUT2D eigenvalue weighted by atomic mass is 9.92. The van der Waals surface area contributed by atoms with Crippen LogP contribution in [0.4, 0.5) is 0 Å². The number of hydrogen-bond acceptors (Lipinski definition) is 4. The molecule has 0 saturated carbocycles. The van der Waals surface area contributed by atoms with E-state index in [2.05, 4.69) is 42.2 Å². The van der Waals surface area contributed by atoms with Crippen LogP contribution in [0, 0.1) is 0 Å². The van der Waals surface area contributed by atoms with E-state index in [-0.39, 0.29) is 0 Å². The summed E-state index contributed by atoms with van der Waals surface area (Å²) in [5, 5.41) is 16.4. The number of pyridine rings is 1. The fourth-order valence-corrected chi connectivity index (χ4v) is 2.42. The average Bonchev–Trinajstić information content (AvgIpc) is 2.63. The van der Waals surface area contributed by atoms with Crippen LogP contribution in [0.15, 0.2) is 60.8 Å². The van der Waals surface area contributed by atoms with Gasteiger partial charge in [-0.25, -0.2) is 9.59 Å². The van der Waals surface area contributed by atoms with Crippen LogP contribution in [-0.2, 0) is 9.59 Å². The summed E-state index contributed by atoms with van der Waals surface area (Å²) in [5.41, 5.74) is 2.39. The number of nitrogens with zero attached hydrogens (tertiary/aromatic N) is 2. The molecule has 27 heavy (non-hydrogen) atoms. The van der Waals surface area contributed by atoms with Gasteiger partial charge < -0.3 is 15.1 Å². The van der Waals surface area contributed by atoms with Gasteiger partial charge in [-0.2, -0.15) is 0 Å². The van der Waals surface area contributed by atoms with Gasteiger partial charge >= 0.3 is 11.9 Å². The van der Waals surface area contributed by atoms with Crippen LogP contribution in [0.5, 0.6) is 0 Å². The minimum Gasteiger partial charge on any atom is -0.478 e. The van der Waals surface area contributed by atoms with Crippen molar-refractivity contribution in [3.8, 4) is 0 Å². The van der Waals surface area contributed by atoms with Gasteiger partial charge in [0.2, 0.25) is 0 Å². The molecule has 2 N–H and O–H groups in total. The number of rotatable bonds is 7. The summed E-state index contributed by atoms with van der Waals surface area (Å²) in [6.45, 7) is 1.03. The number of carbonyl (C=O) groups is 2. The molecule has 0 fully saturated rings. The normalized spacial score (nSPS) is 11.7. The maximum atomic E-state index is 9.55. The van der Waals surface area contributed by atoms with E-state index in [1.807, 2.05) is 30.5 Å². The molecule has 1 unspecified atom stereocenters. The summed E-state index contributed by atoms with van der Waals surface area (Å²) in [7, 11) is 4.19. The molecule has 0 aliphatic heterocycles. The zero-order valence-corrected chi connectivity index (χ0v) is 16.0. The maximum absolute atomic E-state index is 9.55. The van der Waals surface area contributed by atoms with Crippen molar-refractivity contribution in [2.45, 2.75) is 12.3 Å². The van der Waals surface area contributed by atoms with E-state index >= 15 is 0 Å². The van der Waals surface area contributed by atoms with Gasteiger partial charge in [-0.1, -0.05) is 29.8 Å². The Balaban J connectivity index is 0.000000387. The minimum absolute atomic E-state index is 0.320. The maximum Gasteiger partial charge on any atom is 0.328 e. The van der Waals surface area contributed by atoms with Gasteiger partial charge in [0.15, 0.2) is 0 Å². The van der Waals surface area contributed by atoms with Crippen LogP contribution in [0.25, 0.3) is 0 Å². The second kappa shape index (κ2) is 11.8. The molecule has 1 aromatic heterocycles. The predicted molar refractivity (Wildman–Crippen MR) is 105 cm³/mol. The Kier molecular flexibility index (Phi) is 9.79. The van der Waals surface area contributed by atoms with E-state index in [1.165, 1.54) is 5.56 Å². The van der Waals surface area contributed by atoms with Gasteiger partial charge in [0.25, 0.3) is 0 Å². The molecule has 7 heteroatoms. The number of hydrogen-bond donors (Lipinski definition) is 2. The Morgan fingerprint density at radius 1 is 1.07 bits per heavy atom. The summed E-state index contributed by atoms with van der Waals surface area (Å²) in [4.78, 5) is 25.8. The molecule has 0 aliphatic carbocycles. The molecular weight excluding hydrogens is 368 g/mol. The Hall–Kier alpha value is -2.70. The molecule has 0 spiro atoms. The first kappa shape index (κ1) is 22.3. The Morgan fingerprint density at radius 2 is 1.67 bits per heavy atom. The largest absolute Gasteiger partial charge is 0.478 e. The first-order chi connectivity index (χ1) is 12.8. The lowest BCUT2D eigenvalue weighted by molar-refractivity contribution is -0.134. The van der Waals surface area contributed by atoms with Gasteiger partial charge in [0.05, 0.1) is 0 Å². The summed E-state index contributed by atoms with van der Waals surface area (Å²) in [6.07, 6.45) is 4.02. The highest BCUT2D eigenvalue weighted by atomic mass is 35.5. The number of halogens is 1. The zero-order chi connectivity index (χ0) is 20.2. The third-order valence-electron chi connectivity index (χ3n) is 3.55. The lowest BCUT2D eigenvalue weighted by Gasteiger charge is -2.19. The van der Waals surface area contributed by atoms with Crippen molar-refractivity contribution in [3.05, 3.63) is 77.1 Å². The van der Waals surface area contributed by atoms with Crippen molar-refractivity contribution in [1.82, 2.24) is 9.88 Å². The molecule has 1 heterocycles. The van der Waals surface area contributed by atoms with Crippen molar-refractivity contribution in [2.75, 3.05) is 20.6 Å². The van der Waals surface area contributed by atoms with Gasteiger partial charge in [-0.15, -0.1) is 0 Å². The average molecular weight is 391 g/mol. The van der Waals surface area contributed by atoms with Crippen molar-refractivity contribution >= 4 is 23.5 Å². The molecule has 0 amide bonds. The highest BCUT2D eigenvalue weighted by Crippen LogP contribution is 2.27. The van der Waals surface area contributed by atoms with Crippen LogP contribution in [0.2, 0.25) is 5.02 Å². The molecule has 2 aromatic rings. The first-order valence-corrected chi connectivity index (χ1v) is 8.62. The first-order valence-electron chi connectivity index (χ1n) is 8.24. The van der Waals surface area contributed by atoms with Gasteiger partial charge in [-0.3, -0.25) is 4.98 Å². The number of aromatic nitrogens is 1. The topological polar surface area (TPSA) is 90.7 Å². The van der Waals surface area contributed by atoms with Gasteiger partial charge in [-0.05, 0) is 56.9 Å². The van der Waals surface area contributed by atoms with E-state index < -0.39 is 11.9 Å². The Labute approximate surface area is 163 Å². The Morgan fingerprint density at radius 3 is 2.11 bits per heavy atom. The number of benzene rings is 1. The number of aliphatic carboxylic acids is 2. The second-order valence-electron chi connectivity index (χ2n) is 5.96. The highest BCUT2D eigenvalue weighted by Gasteiger charge is 2.15. The molecule has 0 saturated heterocycles. The van der Waals surface area contributed by atoms with E-state index in [1.54, 1.807) is 0 Å². The summed E-state index contributed by atoms with van der Waals surface area (Å²) < 4.78 is 0. The van der Waals surface area contributed by atoms with Crippen molar-refractivity contribution in [1.29, 1.82) is 0 Å². The van der Waals surface area contributed by atoms with E-state index in [0.717, 1.165) is 23.7 Å². The third-order valence-corrected chi connectivity index (χ3v) is 3.80. The van der Waals surface area contributed by atoms with Gasteiger partial charge in [0.1, 0.15) is 0 Å². The summed E-state index contributed by atoms with van der Waals surface area (Å²) >= 11 is 5.97. The number of carboxylic acids is 2. The van der Waals surface area contributed by atoms with Crippen molar-refractivity contribution < 1.29 is 19.8 Å². The van der Waals surface area contributed by atoms with E-state index in [4.69, 9.17) is 21.8 Å². The number of carboxylic acid groups (broad SMARTS) is 2. The molecule has 0 radical (unpaired) electrons. The molecular formula is C20H23ClN2O4. The van der Waals surface area contributed by atoms with Crippen molar-refractivity contribution in [3.63, 3.8) is 0 Å². The molecule has 1 atom stereocenters. The van der Waals surface area contributed by atoms with Crippen LogP contribution < -0.4 is 0 Å². The van der Waals surface area contributed by atoms with Crippen molar-refractivity contribution in [2.24, 2.45) is 0 Å². The van der Waals surface area contributed by atoms with Crippen LogP contribution in [-0.4, -0.2) is 52.7 Å². The predicted octanol–water partition coefficient (Wildman–Crippen LogP) is 3.53. The SMILES string of the molecule is CN(C)CCC(c1ccc(Cl)cc1)c1ccccn1.O=C(O)C=CC(=O)O. The van der Waals surface area contributed by atoms with Crippen LogP contribution in [0.1, 0.15) is 23.6 Å². The molecule has 0 bridgehead atoms. The molecule has 6 nitrogen and oxygen atoms in total. The standard InChI is InChI=1S/C16H19ClN2.C4H4O4/c1-19(2)12-10-15(16-5-3-4-11-18-16)13-6-8-14(17)9-7-13;5-3(6)1-2-4(7)8/h3-9,11,15H,10,12H2,1-2H3;1-2H,(H,5,6)(H,7,8). The molecule has 1 aromatic carbocycles. The fourth-order valence-electron chi connectivity index (χ4n) is 2.29. The fraction of sp³-hybridized carbons (Fsp3) is 0.250. The zero-order valence-electron chi connectivity index (χ0n) is 15.2. The van der Waals surface area contributed by atoms with E-state index in [9.17, 15) is 9.59 Å². The van der Waals surface area contributed by atoms with Crippen LogP contribution >= 0.6 is 11.6 Å². The summed E-state index contributed by atoms with van der Waals surface area (Å²) in [5.74, 6) is -2.19. The highest BCUT2D eigenvalue weighted by molar-refractivity contribution is 6.30. The van der Waals surface area contributed by atoms with Gasteiger partial charge in [0, 0.05) is 35.0 Å². The molecule has 2 rings (SSSR count). The summed E-state index contributed by atoms with van der Waals surface area (Å²) in [6, 6.07) is 14.2. The monoisotopic (exact) mass is 390 g/mol. The smallest absolute Gasteiger partial charge is 0.328 e. The van der Waals surface area contributed by atoms with Crippen LogP contribution in [0.3, 0.4) is 0 Å². The Bertz CT molecular complexity index is 730. The lowest BCUT2D eigenvalue weighted by Crippen LogP contribution is -2.17. The third kappa shape index (κ3) is 9.53.